The Morgan fingerprint density at radius 3 is 2.79 bits per heavy atom. The maximum atomic E-state index is 12.6. The summed E-state index contributed by atoms with van der Waals surface area (Å²) in [6.45, 7) is 1.25. The van der Waals surface area contributed by atoms with Crippen LogP contribution in [0.4, 0.5) is 5.95 Å². The molecule has 0 bridgehead atoms. The Kier molecular flexibility index (Phi) is 4.62. The molecule has 2 fully saturated rings. The molecule has 11 heteroatoms. The number of hydrogen-bond donors (Lipinski definition) is 1. The van der Waals surface area contributed by atoms with Gasteiger partial charge < -0.3 is 15.0 Å². The predicted molar refractivity (Wildman–Crippen MR) is 122 cm³/mol. The van der Waals surface area contributed by atoms with Crippen molar-refractivity contribution in [1.82, 2.24) is 34.1 Å². The van der Waals surface area contributed by atoms with Crippen LogP contribution in [-0.2, 0) is 4.79 Å². The van der Waals surface area contributed by atoms with E-state index in [1.807, 2.05) is 35.5 Å². The third-order valence-electron chi connectivity index (χ3n) is 6.75. The standard InChI is InChI=1S/C23H23N9O2/c1-34-20-19-17(15-2-3-18-25-14-26-32(18)12-15)6-11-31(19)29-22(28-20)27-16-4-9-30(10-5-16)21(33)23(13-24)7-8-23/h2-3,6,11-12,14,16H,4-5,7-10H2,1H3,(H,27,29). The summed E-state index contributed by atoms with van der Waals surface area (Å²) >= 11 is 0. The van der Waals surface area contributed by atoms with Gasteiger partial charge in [-0.15, -0.1) is 5.10 Å². The van der Waals surface area contributed by atoms with Gasteiger partial charge in [-0.3, -0.25) is 4.79 Å². The van der Waals surface area contributed by atoms with Gasteiger partial charge in [-0.25, -0.2) is 14.0 Å². The van der Waals surface area contributed by atoms with Crippen LogP contribution < -0.4 is 10.1 Å². The second-order valence-electron chi connectivity index (χ2n) is 8.85. The molecule has 1 aliphatic heterocycles. The number of anilines is 1. The van der Waals surface area contributed by atoms with E-state index in [0.717, 1.165) is 35.1 Å². The number of piperidine rings is 1. The zero-order valence-corrected chi connectivity index (χ0v) is 18.7. The van der Waals surface area contributed by atoms with Crippen molar-refractivity contribution in [1.29, 1.82) is 5.26 Å². The molecule has 4 aromatic rings. The lowest BCUT2D eigenvalue weighted by atomic mass is 10.0. The summed E-state index contributed by atoms with van der Waals surface area (Å²) < 4.78 is 9.11. The molecule has 34 heavy (non-hydrogen) atoms. The van der Waals surface area contributed by atoms with Crippen LogP contribution in [0.3, 0.4) is 0 Å². The number of likely N-dealkylation sites (tertiary alicyclic amines) is 1. The molecule has 1 aliphatic carbocycles. The molecule has 11 nitrogen and oxygen atoms in total. The van der Waals surface area contributed by atoms with Crippen LogP contribution in [-0.4, -0.2) is 66.2 Å². The van der Waals surface area contributed by atoms with Gasteiger partial charge in [-0.1, -0.05) is 0 Å². The molecule has 0 spiro atoms. The van der Waals surface area contributed by atoms with E-state index in [1.165, 1.54) is 6.33 Å². The molecule has 2 aliphatic rings. The highest BCUT2D eigenvalue weighted by molar-refractivity contribution is 5.88. The number of amides is 1. The highest BCUT2D eigenvalue weighted by Crippen LogP contribution is 2.46. The lowest BCUT2D eigenvalue weighted by Gasteiger charge is -2.33. The Morgan fingerprint density at radius 2 is 2.06 bits per heavy atom. The summed E-state index contributed by atoms with van der Waals surface area (Å²) in [5.41, 5.74) is 2.66. The minimum absolute atomic E-state index is 0.0169. The molecule has 6 rings (SSSR count). The van der Waals surface area contributed by atoms with Crippen molar-refractivity contribution in [2.75, 3.05) is 25.5 Å². The van der Waals surface area contributed by atoms with E-state index in [9.17, 15) is 10.1 Å². The molecule has 4 aromatic heterocycles. The minimum Gasteiger partial charge on any atom is -0.479 e. The van der Waals surface area contributed by atoms with E-state index in [-0.39, 0.29) is 11.9 Å². The van der Waals surface area contributed by atoms with E-state index >= 15 is 0 Å². The highest BCUT2D eigenvalue weighted by atomic mass is 16.5. The van der Waals surface area contributed by atoms with Crippen LogP contribution >= 0.6 is 0 Å². The van der Waals surface area contributed by atoms with Crippen molar-refractivity contribution in [3.8, 4) is 23.1 Å². The van der Waals surface area contributed by atoms with Gasteiger partial charge in [0.05, 0.1) is 13.2 Å². The average molecular weight is 457 g/mol. The fraction of sp³-hybridized carbons (Fsp3) is 0.391. The monoisotopic (exact) mass is 457 g/mol. The van der Waals surface area contributed by atoms with Crippen LogP contribution in [0.15, 0.2) is 36.9 Å². The molecular weight excluding hydrogens is 434 g/mol. The van der Waals surface area contributed by atoms with Crippen LogP contribution in [0, 0.1) is 16.7 Å². The normalized spacial score (nSPS) is 17.6. The molecule has 1 amide bonds. The largest absolute Gasteiger partial charge is 0.479 e. The summed E-state index contributed by atoms with van der Waals surface area (Å²) in [4.78, 5) is 23.2. The quantitative estimate of drug-likeness (QED) is 0.483. The van der Waals surface area contributed by atoms with Crippen LogP contribution in [0.25, 0.3) is 22.3 Å². The van der Waals surface area contributed by atoms with Crippen molar-refractivity contribution in [2.45, 2.75) is 31.7 Å². The topological polar surface area (TPSA) is 126 Å². The van der Waals surface area contributed by atoms with Crippen LogP contribution in [0.2, 0.25) is 0 Å². The molecular formula is C23H23N9O2. The summed E-state index contributed by atoms with van der Waals surface area (Å²) in [5, 5.41) is 21.6. The first kappa shape index (κ1) is 20.4. The number of ether oxygens (including phenoxy) is 1. The number of nitriles is 1. The maximum absolute atomic E-state index is 12.6. The molecule has 0 unspecified atom stereocenters. The third kappa shape index (κ3) is 3.30. The van der Waals surface area contributed by atoms with Gasteiger partial charge in [0.25, 0.3) is 0 Å². The number of aromatic nitrogens is 6. The van der Waals surface area contributed by atoms with Crippen molar-refractivity contribution >= 4 is 23.0 Å². The van der Waals surface area contributed by atoms with Crippen molar-refractivity contribution in [3.05, 3.63) is 36.9 Å². The molecule has 5 heterocycles. The van der Waals surface area contributed by atoms with Gasteiger partial charge >= 0.3 is 0 Å². The lowest BCUT2D eigenvalue weighted by molar-refractivity contribution is -0.135. The Morgan fingerprint density at radius 1 is 1.24 bits per heavy atom. The first-order valence-electron chi connectivity index (χ1n) is 11.3. The van der Waals surface area contributed by atoms with E-state index in [0.29, 0.717) is 37.8 Å². The number of nitrogens with one attached hydrogen (secondary N) is 1. The Hall–Kier alpha value is -4.20. The first-order valence-corrected chi connectivity index (χ1v) is 11.3. The number of rotatable bonds is 5. The van der Waals surface area contributed by atoms with Crippen LogP contribution in [0.5, 0.6) is 5.88 Å². The molecule has 1 N–H and O–H groups in total. The lowest BCUT2D eigenvalue weighted by Crippen LogP contribution is -2.45. The number of nitrogens with zero attached hydrogens (tertiary/aromatic N) is 8. The molecule has 0 radical (unpaired) electrons. The second-order valence-corrected chi connectivity index (χ2v) is 8.85. The Balaban J connectivity index is 1.21. The van der Waals surface area contributed by atoms with E-state index in [1.54, 1.807) is 16.1 Å². The Bertz CT molecular complexity index is 1440. The number of pyridine rings is 1. The second kappa shape index (κ2) is 7.69. The molecule has 172 valence electrons. The van der Waals surface area contributed by atoms with Gasteiger partial charge in [0.1, 0.15) is 17.3 Å². The summed E-state index contributed by atoms with van der Waals surface area (Å²) in [6.07, 6.45) is 8.21. The number of carbonyl (C=O) groups excluding carboxylic acids is 1. The Labute approximate surface area is 195 Å². The number of hydrogen-bond acceptors (Lipinski definition) is 8. The van der Waals surface area contributed by atoms with E-state index in [2.05, 4.69) is 31.6 Å². The van der Waals surface area contributed by atoms with E-state index < -0.39 is 5.41 Å². The SMILES string of the molecule is COc1nc(NC2CCN(C(=O)C3(C#N)CC3)CC2)nn2ccc(-c3ccc4ncnn4c3)c12. The number of fused-ring (bicyclic) bond motifs is 2. The first-order chi connectivity index (χ1) is 16.6. The summed E-state index contributed by atoms with van der Waals surface area (Å²) in [5.74, 6) is 0.920. The van der Waals surface area contributed by atoms with E-state index in [4.69, 9.17) is 4.74 Å². The molecule has 1 saturated heterocycles. The third-order valence-corrected chi connectivity index (χ3v) is 6.75. The number of methoxy groups -OCH3 is 1. The van der Waals surface area contributed by atoms with Gasteiger partial charge in [0.2, 0.25) is 17.7 Å². The number of carbonyl (C=O) groups is 1. The van der Waals surface area contributed by atoms with Gasteiger partial charge in [0.15, 0.2) is 5.65 Å². The highest BCUT2D eigenvalue weighted by Gasteiger charge is 2.52. The fourth-order valence-corrected chi connectivity index (χ4v) is 4.62. The van der Waals surface area contributed by atoms with Crippen LogP contribution in [0.1, 0.15) is 25.7 Å². The average Bonchev–Trinajstić information content (AvgIpc) is 3.32. The summed E-state index contributed by atoms with van der Waals surface area (Å²) in [7, 11) is 1.59. The molecule has 0 aromatic carbocycles. The van der Waals surface area contributed by atoms with Crippen molar-refractivity contribution < 1.29 is 9.53 Å². The maximum Gasteiger partial charge on any atom is 0.244 e. The molecule has 1 saturated carbocycles. The zero-order valence-electron chi connectivity index (χ0n) is 18.7. The van der Waals surface area contributed by atoms with Crippen molar-refractivity contribution in [3.63, 3.8) is 0 Å². The fourth-order valence-electron chi connectivity index (χ4n) is 4.62. The van der Waals surface area contributed by atoms with Gasteiger partial charge in [-0.05, 0) is 43.9 Å². The predicted octanol–water partition coefficient (Wildman–Crippen LogP) is 2.15. The smallest absolute Gasteiger partial charge is 0.244 e. The van der Waals surface area contributed by atoms with Gasteiger partial charge in [0, 0.05) is 42.7 Å². The summed E-state index contributed by atoms with van der Waals surface area (Å²) in [6, 6.07) is 8.20. The minimum atomic E-state index is -0.758. The van der Waals surface area contributed by atoms with Crippen molar-refractivity contribution in [2.24, 2.45) is 5.41 Å². The molecule has 0 atom stereocenters. The zero-order chi connectivity index (χ0) is 23.3. The van der Waals surface area contributed by atoms with Gasteiger partial charge in [-0.2, -0.15) is 15.3 Å².